The summed E-state index contributed by atoms with van der Waals surface area (Å²) in [6.07, 6.45) is 4.16. The third-order valence-electron chi connectivity index (χ3n) is 5.14. The molecular formula is C24H28N6O2. The lowest BCUT2D eigenvalue weighted by Crippen LogP contribution is -2.37. The fraction of sp³-hybridized carbons (Fsp3) is 0.333. The van der Waals surface area contributed by atoms with Crippen LogP contribution in [0.15, 0.2) is 53.8 Å². The molecule has 0 bridgehead atoms. The topological polar surface area (TPSA) is 84.8 Å². The van der Waals surface area contributed by atoms with Crippen LogP contribution in [-0.4, -0.2) is 54.1 Å². The predicted octanol–water partition coefficient (Wildman–Crippen LogP) is 3.39. The summed E-state index contributed by atoms with van der Waals surface area (Å²) in [4.78, 5) is 15.6. The van der Waals surface area contributed by atoms with Gasteiger partial charge < -0.3 is 14.4 Å². The second-order valence-corrected chi connectivity index (χ2v) is 7.64. The number of aryl methyl sites for hydroxylation is 2. The molecule has 0 aliphatic carbocycles. The molecule has 0 spiro atoms. The molecule has 8 heteroatoms. The zero-order valence-electron chi connectivity index (χ0n) is 18.5. The summed E-state index contributed by atoms with van der Waals surface area (Å²) in [5.74, 6) is 0.810. The van der Waals surface area contributed by atoms with E-state index in [0.29, 0.717) is 37.9 Å². The van der Waals surface area contributed by atoms with Gasteiger partial charge >= 0.3 is 6.01 Å². The minimum absolute atomic E-state index is 0.332. The molecule has 0 amide bonds. The van der Waals surface area contributed by atoms with Crippen LogP contribution in [0.2, 0.25) is 0 Å². The Morgan fingerprint density at radius 1 is 1.12 bits per heavy atom. The molecule has 1 aliphatic rings. The first-order chi connectivity index (χ1) is 15.7. The molecule has 3 heterocycles. The summed E-state index contributed by atoms with van der Waals surface area (Å²) < 4.78 is 11.4. The maximum absolute atomic E-state index is 5.88. The molecule has 4 rings (SSSR count). The molecule has 0 radical (unpaired) electrons. The molecule has 1 saturated heterocycles. The van der Waals surface area contributed by atoms with Crippen LogP contribution in [0.1, 0.15) is 22.5 Å². The van der Waals surface area contributed by atoms with Crippen molar-refractivity contribution in [2.45, 2.75) is 20.3 Å². The number of benzene rings is 1. The highest BCUT2D eigenvalue weighted by molar-refractivity contribution is 5.79. The highest BCUT2D eigenvalue weighted by atomic mass is 16.5. The average Bonchev–Trinajstić information content (AvgIpc) is 2.82. The lowest BCUT2D eigenvalue weighted by atomic mass is 10.1. The number of ether oxygens (including phenoxy) is 2. The molecule has 1 N–H and O–H groups in total. The van der Waals surface area contributed by atoms with Crippen LogP contribution < -0.4 is 15.1 Å². The van der Waals surface area contributed by atoms with Crippen molar-refractivity contribution in [3.63, 3.8) is 0 Å². The molecular weight excluding hydrogens is 404 g/mol. The van der Waals surface area contributed by atoms with Crippen molar-refractivity contribution in [1.82, 2.24) is 15.0 Å². The molecule has 2 aromatic heterocycles. The smallest absolute Gasteiger partial charge is 0.318 e. The highest BCUT2D eigenvalue weighted by Crippen LogP contribution is 2.18. The van der Waals surface area contributed by atoms with Gasteiger partial charge in [-0.2, -0.15) is 15.1 Å². The standard InChI is InChI=1S/C24H28N6O2/c1-18-6-7-19(2)22(15-18)29-26-17-21-16-23(30-10-13-31-14-11-30)28-24(27-21)32-12-8-20-5-3-4-9-25-20/h3-7,9,15-17,29H,8,10-14H2,1-2H3/b26-17+. The quantitative estimate of drug-likeness (QED) is 0.431. The van der Waals surface area contributed by atoms with Crippen LogP contribution in [0.25, 0.3) is 0 Å². The molecule has 3 aromatic rings. The van der Waals surface area contributed by atoms with E-state index in [1.54, 1.807) is 12.4 Å². The Labute approximate surface area is 188 Å². The molecule has 1 aromatic carbocycles. The Bertz CT molecular complexity index is 1050. The summed E-state index contributed by atoms with van der Waals surface area (Å²) >= 11 is 0. The van der Waals surface area contributed by atoms with Gasteiger partial charge in [0.15, 0.2) is 0 Å². The normalized spacial score (nSPS) is 14.0. The van der Waals surface area contributed by atoms with E-state index in [0.717, 1.165) is 35.9 Å². The van der Waals surface area contributed by atoms with E-state index in [9.17, 15) is 0 Å². The van der Waals surface area contributed by atoms with Gasteiger partial charge in [0.05, 0.1) is 37.4 Å². The Kier molecular flexibility index (Phi) is 7.24. The van der Waals surface area contributed by atoms with Gasteiger partial charge in [-0.3, -0.25) is 10.4 Å². The van der Waals surface area contributed by atoms with E-state index < -0.39 is 0 Å². The largest absolute Gasteiger partial charge is 0.463 e. The monoisotopic (exact) mass is 432 g/mol. The van der Waals surface area contributed by atoms with E-state index in [-0.39, 0.29) is 0 Å². The maximum atomic E-state index is 5.88. The van der Waals surface area contributed by atoms with Gasteiger partial charge in [-0.15, -0.1) is 0 Å². The summed E-state index contributed by atoms with van der Waals surface area (Å²) in [5, 5.41) is 4.39. The van der Waals surface area contributed by atoms with Crippen molar-refractivity contribution in [3.8, 4) is 6.01 Å². The number of pyridine rings is 1. The lowest BCUT2D eigenvalue weighted by Gasteiger charge is -2.28. The second-order valence-electron chi connectivity index (χ2n) is 7.64. The Morgan fingerprint density at radius 3 is 2.81 bits per heavy atom. The number of hydrogen-bond acceptors (Lipinski definition) is 8. The molecule has 166 valence electrons. The van der Waals surface area contributed by atoms with Crippen molar-refractivity contribution in [1.29, 1.82) is 0 Å². The number of hydrazone groups is 1. The fourth-order valence-electron chi connectivity index (χ4n) is 3.33. The van der Waals surface area contributed by atoms with E-state index in [4.69, 9.17) is 9.47 Å². The van der Waals surface area contributed by atoms with Crippen molar-refractivity contribution < 1.29 is 9.47 Å². The number of aromatic nitrogens is 3. The fourth-order valence-corrected chi connectivity index (χ4v) is 3.33. The second kappa shape index (κ2) is 10.7. The van der Waals surface area contributed by atoms with Crippen LogP contribution in [0.4, 0.5) is 11.5 Å². The van der Waals surface area contributed by atoms with Crippen LogP contribution in [-0.2, 0) is 11.2 Å². The van der Waals surface area contributed by atoms with Crippen molar-refractivity contribution in [2.75, 3.05) is 43.2 Å². The van der Waals surface area contributed by atoms with Gasteiger partial charge in [-0.1, -0.05) is 18.2 Å². The molecule has 1 fully saturated rings. The number of nitrogens with zero attached hydrogens (tertiary/aromatic N) is 5. The third-order valence-corrected chi connectivity index (χ3v) is 5.14. The first-order valence-corrected chi connectivity index (χ1v) is 10.8. The van der Waals surface area contributed by atoms with E-state index >= 15 is 0 Å². The van der Waals surface area contributed by atoms with Gasteiger partial charge in [0.25, 0.3) is 0 Å². The third kappa shape index (κ3) is 6.01. The first-order valence-electron chi connectivity index (χ1n) is 10.8. The summed E-state index contributed by atoms with van der Waals surface area (Å²) in [5.41, 5.74) is 8.02. The number of hydrogen-bond donors (Lipinski definition) is 1. The number of rotatable bonds is 8. The minimum Gasteiger partial charge on any atom is -0.463 e. The summed E-state index contributed by atoms with van der Waals surface area (Å²) in [6.45, 7) is 7.47. The first kappa shape index (κ1) is 21.7. The van der Waals surface area contributed by atoms with Crippen molar-refractivity contribution >= 4 is 17.7 Å². The highest BCUT2D eigenvalue weighted by Gasteiger charge is 2.15. The predicted molar refractivity (Wildman–Crippen MR) is 126 cm³/mol. The molecule has 0 unspecified atom stereocenters. The van der Waals surface area contributed by atoms with Gasteiger partial charge in [0.2, 0.25) is 0 Å². The maximum Gasteiger partial charge on any atom is 0.318 e. The zero-order valence-corrected chi connectivity index (χ0v) is 18.5. The average molecular weight is 433 g/mol. The van der Waals surface area contributed by atoms with Gasteiger partial charge in [-0.05, 0) is 43.2 Å². The van der Waals surface area contributed by atoms with E-state index in [1.807, 2.05) is 31.2 Å². The molecule has 8 nitrogen and oxygen atoms in total. The minimum atomic E-state index is 0.332. The zero-order chi connectivity index (χ0) is 22.2. The molecule has 1 aliphatic heterocycles. The number of anilines is 2. The van der Waals surface area contributed by atoms with Crippen molar-refractivity contribution in [3.05, 3.63) is 71.2 Å². The Morgan fingerprint density at radius 2 is 2.00 bits per heavy atom. The SMILES string of the molecule is Cc1ccc(C)c(N/N=C/c2cc(N3CCOCC3)nc(OCCc3ccccn3)n2)c1. The summed E-state index contributed by atoms with van der Waals surface area (Å²) in [7, 11) is 0. The number of nitrogens with one attached hydrogen (secondary N) is 1. The van der Waals surface area contributed by atoms with Gasteiger partial charge in [0, 0.05) is 37.5 Å². The van der Waals surface area contributed by atoms with Crippen molar-refractivity contribution in [2.24, 2.45) is 5.10 Å². The Hall–Kier alpha value is -3.52. The van der Waals surface area contributed by atoms with Crippen LogP contribution in [0, 0.1) is 13.8 Å². The van der Waals surface area contributed by atoms with Crippen LogP contribution in [0.5, 0.6) is 6.01 Å². The van der Waals surface area contributed by atoms with Crippen LogP contribution in [0.3, 0.4) is 0 Å². The van der Waals surface area contributed by atoms with Gasteiger partial charge in [0.1, 0.15) is 5.82 Å². The van der Waals surface area contributed by atoms with E-state index in [1.165, 1.54) is 5.56 Å². The number of morpholine rings is 1. The summed E-state index contributed by atoms with van der Waals surface area (Å²) in [6, 6.07) is 14.3. The Balaban J connectivity index is 1.49. The van der Waals surface area contributed by atoms with Crippen LogP contribution >= 0.6 is 0 Å². The molecule has 32 heavy (non-hydrogen) atoms. The lowest BCUT2D eigenvalue weighted by molar-refractivity contribution is 0.122. The molecule has 0 atom stereocenters. The molecule has 0 saturated carbocycles. The van der Waals surface area contributed by atoms with E-state index in [2.05, 4.69) is 55.5 Å². The van der Waals surface area contributed by atoms with Gasteiger partial charge in [-0.25, -0.2) is 0 Å².